The van der Waals surface area contributed by atoms with Crippen molar-refractivity contribution in [1.82, 2.24) is 15.3 Å². The Bertz CT molecular complexity index is 918. The van der Waals surface area contributed by atoms with Gasteiger partial charge in [-0.05, 0) is 29.2 Å². The van der Waals surface area contributed by atoms with E-state index in [1.165, 1.54) is 11.1 Å². The number of nitrogens with one attached hydrogen (secondary N) is 2. The first kappa shape index (κ1) is 19.2. The lowest BCUT2D eigenvalue weighted by atomic mass is 9.98. The molecule has 0 unspecified atom stereocenters. The first-order chi connectivity index (χ1) is 14.2. The number of fused-ring (bicyclic) bond motifs is 1. The molecule has 6 nitrogen and oxygen atoms in total. The Morgan fingerprint density at radius 3 is 2.72 bits per heavy atom. The van der Waals surface area contributed by atoms with Gasteiger partial charge in [-0.25, -0.2) is 9.97 Å². The van der Waals surface area contributed by atoms with Crippen LogP contribution in [0.25, 0.3) is 0 Å². The molecule has 1 aromatic carbocycles. The van der Waals surface area contributed by atoms with Crippen LogP contribution in [-0.4, -0.2) is 36.3 Å². The summed E-state index contributed by atoms with van der Waals surface area (Å²) in [6, 6.07) is 18.3. The highest BCUT2D eigenvalue weighted by Crippen LogP contribution is 2.31. The predicted octanol–water partition coefficient (Wildman–Crippen LogP) is 3.79. The van der Waals surface area contributed by atoms with Gasteiger partial charge in [0.05, 0.1) is 25.4 Å². The Morgan fingerprint density at radius 2 is 1.97 bits per heavy atom. The maximum atomic E-state index is 6.25. The first-order valence-electron chi connectivity index (χ1n) is 9.88. The SMILES string of the molecule is COc1ccc([C@@H](C)CN[C@H](c2ccccc2)[C@@H]2CNc3cccnc3O2)cn1. The Hall–Kier alpha value is -3.12. The second kappa shape index (κ2) is 8.92. The molecule has 0 bridgehead atoms. The van der Waals surface area contributed by atoms with Crippen LogP contribution in [0.4, 0.5) is 5.69 Å². The van der Waals surface area contributed by atoms with Crippen LogP contribution < -0.4 is 20.1 Å². The number of aromatic nitrogens is 2. The lowest BCUT2D eigenvalue weighted by molar-refractivity contribution is 0.149. The van der Waals surface area contributed by atoms with E-state index in [1.54, 1.807) is 13.3 Å². The third kappa shape index (κ3) is 4.49. The van der Waals surface area contributed by atoms with Gasteiger partial charge in [-0.1, -0.05) is 43.3 Å². The van der Waals surface area contributed by atoms with E-state index in [1.807, 2.05) is 30.5 Å². The average molecular weight is 390 g/mol. The molecule has 1 aliphatic heterocycles. The summed E-state index contributed by atoms with van der Waals surface area (Å²) in [5.74, 6) is 1.57. The van der Waals surface area contributed by atoms with Gasteiger partial charge in [-0.3, -0.25) is 0 Å². The third-order valence-corrected chi connectivity index (χ3v) is 5.24. The molecule has 2 N–H and O–H groups in total. The molecule has 29 heavy (non-hydrogen) atoms. The second-order valence-electron chi connectivity index (χ2n) is 7.22. The number of ether oxygens (including phenoxy) is 2. The van der Waals surface area contributed by atoms with Crippen molar-refractivity contribution in [3.63, 3.8) is 0 Å². The molecule has 0 spiro atoms. The molecule has 3 heterocycles. The smallest absolute Gasteiger partial charge is 0.237 e. The van der Waals surface area contributed by atoms with Gasteiger partial charge in [0.1, 0.15) is 6.10 Å². The van der Waals surface area contributed by atoms with Crippen molar-refractivity contribution >= 4 is 5.69 Å². The third-order valence-electron chi connectivity index (χ3n) is 5.24. The summed E-state index contributed by atoms with van der Waals surface area (Å²) in [6.45, 7) is 3.70. The van der Waals surface area contributed by atoms with Crippen molar-refractivity contribution in [3.05, 3.63) is 78.1 Å². The molecule has 4 rings (SSSR count). The molecule has 0 aliphatic carbocycles. The zero-order valence-corrected chi connectivity index (χ0v) is 16.7. The zero-order chi connectivity index (χ0) is 20.1. The molecule has 0 fully saturated rings. The van der Waals surface area contributed by atoms with E-state index >= 15 is 0 Å². The summed E-state index contributed by atoms with van der Waals surface area (Å²) in [4.78, 5) is 8.70. The van der Waals surface area contributed by atoms with E-state index in [2.05, 4.69) is 57.9 Å². The number of anilines is 1. The molecule has 3 aromatic rings. The Balaban J connectivity index is 1.49. The van der Waals surface area contributed by atoms with E-state index < -0.39 is 0 Å². The van der Waals surface area contributed by atoms with Crippen molar-refractivity contribution in [2.24, 2.45) is 0 Å². The van der Waals surface area contributed by atoms with E-state index in [0.717, 1.165) is 12.2 Å². The lowest BCUT2D eigenvalue weighted by Crippen LogP contribution is -2.43. The Morgan fingerprint density at radius 1 is 1.10 bits per heavy atom. The number of nitrogens with zero attached hydrogens (tertiary/aromatic N) is 2. The molecule has 6 heteroatoms. The minimum atomic E-state index is -0.0685. The van der Waals surface area contributed by atoms with E-state index in [9.17, 15) is 0 Å². The predicted molar refractivity (Wildman–Crippen MR) is 114 cm³/mol. The van der Waals surface area contributed by atoms with Gasteiger partial charge in [0.25, 0.3) is 0 Å². The summed E-state index contributed by atoms with van der Waals surface area (Å²) >= 11 is 0. The van der Waals surface area contributed by atoms with Crippen LogP contribution >= 0.6 is 0 Å². The number of benzene rings is 1. The fourth-order valence-electron chi connectivity index (χ4n) is 3.55. The largest absolute Gasteiger partial charge is 0.481 e. The molecular formula is C23H26N4O2. The fourth-order valence-corrected chi connectivity index (χ4v) is 3.55. The Labute approximate surface area is 171 Å². The molecule has 150 valence electrons. The highest BCUT2D eigenvalue weighted by molar-refractivity contribution is 5.54. The normalized spacial score (nSPS) is 17.4. The van der Waals surface area contributed by atoms with Gasteiger partial charge in [0.15, 0.2) is 0 Å². The topological polar surface area (TPSA) is 68.3 Å². The van der Waals surface area contributed by atoms with Gasteiger partial charge in [0, 0.05) is 25.0 Å². The van der Waals surface area contributed by atoms with Gasteiger partial charge in [0.2, 0.25) is 11.8 Å². The average Bonchev–Trinajstić information content (AvgIpc) is 2.79. The number of hydrogen-bond acceptors (Lipinski definition) is 6. The molecule has 3 atom stereocenters. The second-order valence-corrected chi connectivity index (χ2v) is 7.22. The summed E-state index contributed by atoms with van der Waals surface area (Å²) in [6.07, 6.45) is 3.56. The van der Waals surface area contributed by atoms with E-state index in [-0.39, 0.29) is 12.1 Å². The molecule has 0 amide bonds. The minimum Gasteiger partial charge on any atom is -0.481 e. The fraction of sp³-hybridized carbons (Fsp3) is 0.304. The molecule has 0 radical (unpaired) electrons. The summed E-state index contributed by atoms with van der Waals surface area (Å²) < 4.78 is 11.4. The number of methoxy groups -OCH3 is 1. The molecule has 2 aromatic heterocycles. The van der Waals surface area contributed by atoms with Gasteiger partial charge in [-0.2, -0.15) is 0 Å². The lowest BCUT2D eigenvalue weighted by Gasteiger charge is -2.33. The van der Waals surface area contributed by atoms with Crippen LogP contribution in [0.15, 0.2) is 67.0 Å². The Kier molecular flexibility index (Phi) is 5.91. The van der Waals surface area contributed by atoms with Gasteiger partial charge < -0.3 is 20.1 Å². The van der Waals surface area contributed by atoms with E-state index in [4.69, 9.17) is 9.47 Å². The van der Waals surface area contributed by atoms with Crippen LogP contribution in [0.5, 0.6) is 11.8 Å². The molecule has 0 saturated heterocycles. The molecule has 0 saturated carbocycles. The van der Waals surface area contributed by atoms with Crippen LogP contribution in [0, 0.1) is 0 Å². The summed E-state index contributed by atoms with van der Waals surface area (Å²) in [5.41, 5.74) is 3.30. The quantitative estimate of drug-likeness (QED) is 0.640. The molecular weight excluding hydrogens is 364 g/mol. The molecule has 1 aliphatic rings. The van der Waals surface area contributed by atoms with Crippen molar-refractivity contribution in [3.8, 4) is 11.8 Å². The van der Waals surface area contributed by atoms with Crippen molar-refractivity contribution in [2.75, 3.05) is 25.5 Å². The van der Waals surface area contributed by atoms with Crippen molar-refractivity contribution < 1.29 is 9.47 Å². The van der Waals surface area contributed by atoms with Gasteiger partial charge in [-0.15, -0.1) is 0 Å². The number of rotatable bonds is 7. The standard InChI is InChI=1S/C23H26N4O2/c1-16(18-10-11-21(28-2)26-14-18)13-27-22(17-7-4-3-5-8-17)20-15-25-19-9-6-12-24-23(19)29-20/h3-12,14,16,20,22,25,27H,13,15H2,1-2H3/t16-,20-,22+/m0/s1. The van der Waals surface area contributed by atoms with Crippen LogP contribution in [0.1, 0.15) is 30.0 Å². The van der Waals surface area contributed by atoms with Crippen molar-refractivity contribution in [2.45, 2.75) is 25.0 Å². The number of hydrogen-bond donors (Lipinski definition) is 2. The maximum absolute atomic E-state index is 6.25. The summed E-state index contributed by atoms with van der Waals surface area (Å²) in [7, 11) is 1.63. The zero-order valence-electron chi connectivity index (χ0n) is 16.7. The first-order valence-corrected chi connectivity index (χ1v) is 9.88. The summed E-state index contributed by atoms with van der Waals surface area (Å²) in [5, 5.41) is 7.16. The van der Waals surface area contributed by atoms with Crippen LogP contribution in [0.3, 0.4) is 0 Å². The minimum absolute atomic E-state index is 0.0347. The highest BCUT2D eigenvalue weighted by atomic mass is 16.5. The highest BCUT2D eigenvalue weighted by Gasteiger charge is 2.29. The maximum Gasteiger partial charge on any atom is 0.237 e. The van der Waals surface area contributed by atoms with Gasteiger partial charge >= 0.3 is 0 Å². The van der Waals surface area contributed by atoms with Crippen LogP contribution in [0.2, 0.25) is 0 Å². The number of pyridine rings is 2. The van der Waals surface area contributed by atoms with Crippen molar-refractivity contribution in [1.29, 1.82) is 0 Å². The monoisotopic (exact) mass is 390 g/mol. The van der Waals surface area contributed by atoms with E-state index in [0.29, 0.717) is 24.2 Å². The van der Waals surface area contributed by atoms with Crippen LogP contribution in [-0.2, 0) is 0 Å².